The number of aryl methyl sites for hydroxylation is 1. The summed E-state index contributed by atoms with van der Waals surface area (Å²) in [5.74, 6) is 2.19. The highest BCUT2D eigenvalue weighted by Gasteiger charge is 2.26. The molecule has 1 fully saturated rings. The molecular formula is C21H26N4O2S. The molecule has 0 bridgehead atoms. The summed E-state index contributed by atoms with van der Waals surface area (Å²) < 4.78 is 11.0. The monoisotopic (exact) mass is 398 g/mol. The fourth-order valence-corrected chi connectivity index (χ4v) is 4.42. The number of ether oxygens (including phenoxy) is 2. The largest absolute Gasteiger partial charge is 0.497 e. The minimum atomic E-state index is 0.501. The molecule has 3 heterocycles. The minimum absolute atomic E-state index is 0.501. The van der Waals surface area contributed by atoms with Crippen molar-refractivity contribution in [1.29, 1.82) is 0 Å². The van der Waals surface area contributed by atoms with Gasteiger partial charge in [-0.25, -0.2) is 4.98 Å². The molecule has 6 nitrogen and oxygen atoms in total. The van der Waals surface area contributed by atoms with Crippen LogP contribution in [0.25, 0.3) is 0 Å². The Kier molecular flexibility index (Phi) is 5.92. The zero-order chi connectivity index (χ0) is 19.3. The molecule has 0 aliphatic carbocycles. The van der Waals surface area contributed by atoms with E-state index in [4.69, 9.17) is 9.47 Å². The van der Waals surface area contributed by atoms with Crippen LogP contribution in [0.4, 0.5) is 0 Å². The van der Waals surface area contributed by atoms with Crippen LogP contribution in [0.15, 0.2) is 36.5 Å². The van der Waals surface area contributed by atoms with Crippen molar-refractivity contribution < 1.29 is 9.47 Å². The van der Waals surface area contributed by atoms with Crippen molar-refractivity contribution in [3.63, 3.8) is 0 Å². The zero-order valence-electron chi connectivity index (χ0n) is 16.4. The van der Waals surface area contributed by atoms with Gasteiger partial charge >= 0.3 is 0 Å². The lowest BCUT2D eigenvalue weighted by Gasteiger charge is -2.13. The number of H-pyrrole nitrogens is 1. The molecule has 1 aliphatic heterocycles. The molecule has 0 saturated carbocycles. The van der Waals surface area contributed by atoms with Crippen LogP contribution in [0.1, 0.15) is 33.6 Å². The lowest BCUT2D eigenvalue weighted by atomic mass is 10.0. The maximum absolute atomic E-state index is 5.81. The third-order valence-electron chi connectivity index (χ3n) is 5.09. The molecule has 0 unspecified atom stereocenters. The van der Waals surface area contributed by atoms with E-state index in [1.165, 1.54) is 10.6 Å². The molecule has 1 aromatic carbocycles. The number of nitrogens with zero attached hydrogens (tertiary/aromatic N) is 3. The van der Waals surface area contributed by atoms with E-state index in [1.54, 1.807) is 18.4 Å². The third-order valence-corrected chi connectivity index (χ3v) is 5.99. The van der Waals surface area contributed by atoms with Crippen molar-refractivity contribution in [2.75, 3.05) is 26.8 Å². The quantitative estimate of drug-likeness (QED) is 0.625. The van der Waals surface area contributed by atoms with E-state index in [-0.39, 0.29) is 0 Å². The Morgan fingerprint density at radius 3 is 2.82 bits per heavy atom. The Labute approximate surface area is 169 Å². The lowest BCUT2D eigenvalue weighted by Crippen LogP contribution is -2.19. The highest BCUT2D eigenvalue weighted by atomic mass is 32.1. The van der Waals surface area contributed by atoms with Crippen molar-refractivity contribution in [3.05, 3.63) is 57.8 Å². The molecule has 4 rings (SSSR count). The summed E-state index contributed by atoms with van der Waals surface area (Å²) in [7, 11) is 1.66. The molecule has 28 heavy (non-hydrogen) atoms. The standard InChI is InChI=1S/C21H26N4O2S/c1-15-22-12-20(28-15)14-25-9-7-16(13-25)21-11-17(23-24-21)8-10-27-19-5-3-18(26-2)4-6-19/h3-6,11-12,16H,7-10,13-14H2,1-2H3,(H,23,24)/t16-/m0/s1. The van der Waals surface area contributed by atoms with Crippen LogP contribution in [0.3, 0.4) is 0 Å². The fraction of sp³-hybridized carbons (Fsp3) is 0.429. The van der Waals surface area contributed by atoms with Gasteiger partial charge in [0.05, 0.1) is 24.4 Å². The molecule has 148 valence electrons. The average molecular weight is 399 g/mol. The minimum Gasteiger partial charge on any atom is -0.497 e. The topological polar surface area (TPSA) is 63.3 Å². The molecule has 0 amide bonds. The Hall–Kier alpha value is -2.38. The Morgan fingerprint density at radius 1 is 1.25 bits per heavy atom. The van der Waals surface area contributed by atoms with Crippen molar-refractivity contribution in [2.24, 2.45) is 0 Å². The van der Waals surface area contributed by atoms with E-state index in [1.807, 2.05) is 30.5 Å². The Bertz CT molecular complexity index is 890. The molecule has 1 saturated heterocycles. The van der Waals surface area contributed by atoms with Gasteiger partial charge in [-0.15, -0.1) is 11.3 Å². The number of benzene rings is 1. The van der Waals surface area contributed by atoms with Crippen molar-refractivity contribution in [3.8, 4) is 11.5 Å². The first kappa shape index (κ1) is 19.0. The highest BCUT2D eigenvalue weighted by molar-refractivity contribution is 7.11. The third kappa shape index (κ3) is 4.72. The van der Waals surface area contributed by atoms with Crippen LogP contribution < -0.4 is 9.47 Å². The second-order valence-corrected chi connectivity index (χ2v) is 8.48. The zero-order valence-corrected chi connectivity index (χ0v) is 17.2. The second-order valence-electron chi connectivity index (χ2n) is 7.16. The molecule has 1 aliphatic rings. The number of thiazole rings is 1. The summed E-state index contributed by atoms with van der Waals surface area (Å²) >= 11 is 1.79. The number of hydrogen-bond donors (Lipinski definition) is 1. The number of likely N-dealkylation sites (tertiary alicyclic amines) is 1. The van der Waals surface area contributed by atoms with Crippen molar-refractivity contribution in [1.82, 2.24) is 20.1 Å². The predicted molar refractivity (Wildman–Crippen MR) is 110 cm³/mol. The van der Waals surface area contributed by atoms with Gasteiger partial charge in [-0.05, 0) is 50.2 Å². The van der Waals surface area contributed by atoms with E-state index in [0.29, 0.717) is 12.5 Å². The molecule has 1 N–H and O–H groups in total. The maximum Gasteiger partial charge on any atom is 0.119 e. The fourth-order valence-electron chi connectivity index (χ4n) is 3.58. The normalized spacial score (nSPS) is 17.1. The van der Waals surface area contributed by atoms with Crippen LogP contribution in [-0.2, 0) is 13.0 Å². The van der Waals surface area contributed by atoms with Crippen LogP contribution in [0.2, 0.25) is 0 Å². The Morgan fingerprint density at radius 2 is 2.07 bits per heavy atom. The SMILES string of the molecule is COc1ccc(OCCc2cc([C@H]3CCN(Cc4cnc(C)s4)C3)n[nH]2)cc1. The van der Waals surface area contributed by atoms with Gasteiger partial charge in [-0.3, -0.25) is 10.00 Å². The van der Waals surface area contributed by atoms with Gasteiger partial charge in [0.1, 0.15) is 11.5 Å². The van der Waals surface area contributed by atoms with Gasteiger partial charge in [-0.1, -0.05) is 0 Å². The van der Waals surface area contributed by atoms with Gasteiger partial charge < -0.3 is 9.47 Å². The number of aromatic amines is 1. The highest BCUT2D eigenvalue weighted by Crippen LogP contribution is 2.28. The van der Waals surface area contributed by atoms with Crippen molar-refractivity contribution in [2.45, 2.75) is 32.2 Å². The molecule has 0 spiro atoms. The van der Waals surface area contributed by atoms with E-state index in [0.717, 1.165) is 54.7 Å². The summed E-state index contributed by atoms with van der Waals surface area (Å²) in [5, 5.41) is 8.88. The number of methoxy groups -OCH3 is 1. The van der Waals surface area contributed by atoms with Gasteiger partial charge in [0, 0.05) is 42.2 Å². The maximum atomic E-state index is 5.81. The molecule has 7 heteroatoms. The molecule has 2 aromatic heterocycles. The van der Waals surface area contributed by atoms with Crippen LogP contribution >= 0.6 is 11.3 Å². The number of aromatic nitrogens is 3. The smallest absolute Gasteiger partial charge is 0.119 e. The number of hydrogen-bond acceptors (Lipinski definition) is 6. The summed E-state index contributed by atoms with van der Waals surface area (Å²) in [6, 6.07) is 9.86. The molecule has 3 aromatic rings. The van der Waals surface area contributed by atoms with E-state index >= 15 is 0 Å². The molecule has 1 atom stereocenters. The van der Waals surface area contributed by atoms with E-state index in [2.05, 4.69) is 33.1 Å². The van der Waals surface area contributed by atoms with Crippen LogP contribution in [-0.4, -0.2) is 46.9 Å². The summed E-state index contributed by atoms with van der Waals surface area (Å²) in [5.41, 5.74) is 2.29. The van der Waals surface area contributed by atoms with Gasteiger partial charge in [0.2, 0.25) is 0 Å². The first-order valence-corrected chi connectivity index (χ1v) is 10.5. The Balaban J connectivity index is 1.24. The van der Waals surface area contributed by atoms with E-state index in [9.17, 15) is 0 Å². The average Bonchev–Trinajstić information content (AvgIpc) is 3.44. The van der Waals surface area contributed by atoms with Gasteiger partial charge in [0.15, 0.2) is 0 Å². The second kappa shape index (κ2) is 8.75. The lowest BCUT2D eigenvalue weighted by molar-refractivity contribution is 0.319. The summed E-state index contributed by atoms with van der Waals surface area (Å²) in [6.07, 6.45) is 3.98. The molecule has 0 radical (unpaired) electrons. The van der Waals surface area contributed by atoms with Gasteiger partial charge in [-0.2, -0.15) is 5.10 Å². The van der Waals surface area contributed by atoms with Gasteiger partial charge in [0.25, 0.3) is 0 Å². The number of nitrogens with one attached hydrogen (secondary N) is 1. The first-order chi connectivity index (χ1) is 13.7. The number of rotatable bonds is 8. The predicted octanol–water partition coefficient (Wildman–Crippen LogP) is 3.79. The first-order valence-electron chi connectivity index (χ1n) is 9.64. The molecular weight excluding hydrogens is 372 g/mol. The van der Waals surface area contributed by atoms with Crippen LogP contribution in [0.5, 0.6) is 11.5 Å². The van der Waals surface area contributed by atoms with Crippen LogP contribution in [0, 0.1) is 6.92 Å². The van der Waals surface area contributed by atoms with Crippen molar-refractivity contribution >= 4 is 11.3 Å². The van der Waals surface area contributed by atoms with E-state index < -0.39 is 0 Å². The summed E-state index contributed by atoms with van der Waals surface area (Å²) in [6.45, 7) is 5.85. The summed E-state index contributed by atoms with van der Waals surface area (Å²) in [4.78, 5) is 8.20.